The Kier molecular flexibility index (Phi) is 3.18. The van der Waals surface area contributed by atoms with Crippen LogP contribution >= 0.6 is 0 Å². The first-order valence-electron chi connectivity index (χ1n) is 9.80. The summed E-state index contributed by atoms with van der Waals surface area (Å²) in [7, 11) is 3.81. The number of rotatable bonds is 4. The van der Waals surface area contributed by atoms with Gasteiger partial charge in [0.1, 0.15) is 6.10 Å². The number of ether oxygens (including phenoxy) is 3. The van der Waals surface area contributed by atoms with Crippen LogP contribution in [0.15, 0.2) is 23.8 Å². The summed E-state index contributed by atoms with van der Waals surface area (Å²) < 4.78 is 17.7. The molecule has 2 N–H and O–H groups in total. The third kappa shape index (κ3) is 1.70. The first kappa shape index (κ1) is 16.8. The van der Waals surface area contributed by atoms with E-state index in [4.69, 9.17) is 19.3 Å². The van der Waals surface area contributed by atoms with Gasteiger partial charge in [0.05, 0.1) is 19.1 Å². The molecule has 2 fully saturated rings. The van der Waals surface area contributed by atoms with Crippen molar-refractivity contribution < 1.29 is 29.2 Å². The molecule has 1 aromatic carbocycles. The first-order valence-corrected chi connectivity index (χ1v) is 9.80. The van der Waals surface area contributed by atoms with E-state index in [1.54, 1.807) is 7.11 Å². The van der Waals surface area contributed by atoms with E-state index in [1.807, 2.05) is 12.1 Å². The molecule has 2 heterocycles. The molecule has 7 atom stereocenters. The lowest BCUT2D eigenvalue weighted by molar-refractivity contribution is -0.165. The van der Waals surface area contributed by atoms with Crippen molar-refractivity contribution in [3.05, 3.63) is 34.9 Å². The molecule has 1 aromatic rings. The van der Waals surface area contributed by atoms with Crippen LogP contribution in [0, 0.1) is 5.92 Å². The summed E-state index contributed by atoms with van der Waals surface area (Å²) in [4.78, 5) is 14.7. The van der Waals surface area contributed by atoms with E-state index in [0.717, 1.165) is 18.6 Å². The quantitative estimate of drug-likeness (QED) is 0.564. The van der Waals surface area contributed by atoms with Crippen LogP contribution in [0.2, 0.25) is 0 Å². The van der Waals surface area contributed by atoms with Gasteiger partial charge < -0.3 is 24.4 Å². The summed E-state index contributed by atoms with van der Waals surface area (Å²) in [6.45, 7) is -0.660. The highest BCUT2D eigenvalue weighted by atomic mass is 16.6. The molecule has 2 aliphatic heterocycles. The van der Waals surface area contributed by atoms with Gasteiger partial charge in [0.15, 0.2) is 23.7 Å². The lowest BCUT2D eigenvalue weighted by Crippen LogP contribution is -2.69. The topological polar surface area (TPSA) is 88.5 Å². The third-order valence-corrected chi connectivity index (χ3v) is 7.64. The molecule has 3 aliphatic carbocycles. The highest BCUT2D eigenvalue weighted by molar-refractivity contribution is 5.75. The van der Waals surface area contributed by atoms with E-state index in [9.17, 15) is 9.90 Å². The Bertz CT molecular complexity index is 928. The molecular formula is C21H23NO6. The zero-order valence-electron chi connectivity index (χ0n) is 15.8. The summed E-state index contributed by atoms with van der Waals surface area (Å²) in [5.74, 6) is 1.10. The number of methoxy groups -OCH3 is 1. The van der Waals surface area contributed by atoms with Crippen molar-refractivity contribution in [1.29, 1.82) is 0 Å². The predicted molar refractivity (Wildman–Crippen MR) is 97.3 cm³/mol. The molecule has 1 spiro atoms. The predicted octanol–water partition coefficient (Wildman–Crippen LogP) is 0.158. The number of benzene rings is 1. The number of nitrogens with zero attached hydrogens (tertiary/aromatic N) is 1. The summed E-state index contributed by atoms with van der Waals surface area (Å²) in [6.07, 6.45) is 1.41. The number of fused-ring (bicyclic) bond motifs is 2. The Morgan fingerprint density at radius 2 is 2.29 bits per heavy atom. The van der Waals surface area contributed by atoms with Gasteiger partial charge in [0, 0.05) is 23.6 Å². The fraction of sp³-hybridized carbons (Fsp3) is 0.571. The molecule has 5 aliphatic rings. The van der Waals surface area contributed by atoms with Crippen molar-refractivity contribution in [1.82, 2.24) is 4.90 Å². The van der Waals surface area contributed by atoms with E-state index < -0.39 is 24.8 Å². The highest BCUT2D eigenvalue weighted by Crippen LogP contribution is 2.70. The maximum atomic E-state index is 12.2. The van der Waals surface area contributed by atoms with Gasteiger partial charge in [-0.15, -0.1) is 0 Å². The zero-order chi connectivity index (χ0) is 19.4. The maximum absolute atomic E-state index is 12.2. The number of hydrogen-bond donors (Lipinski definition) is 2. The number of aliphatic hydroxyl groups is 2. The molecule has 28 heavy (non-hydrogen) atoms. The third-order valence-electron chi connectivity index (χ3n) is 7.64. The second kappa shape index (κ2) is 5.28. The van der Waals surface area contributed by atoms with Gasteiger partial charge in [0.25, 0.3) is 0 Å². The monoisotopic (exact) mass is 385 g/mol. The molecule has 6 rings (SSSR count). The minimum atomic E-state index is -1.54. The second-order valence-corrected chi connectivity index (χ2v) is 8.64. The van der Waals surface area contributed by atoms with Crippen LogP contribution in [0.5, 0.6) is 11.5 Å². The molecule has 0 aromatic heterocycles. The lowest BCUT2D eigenvalue weighted by Gasteiger charge is -2.58. The van der Waals surface area contributed by atoms with Gasteiger partial charge in [-0.25, -0.2) is 4.79 Å². The molecule has 0 amide bonds. The van der Waals surface area contributed by atoms with Crippen LogP contribution in [-0.4, -0.2) is 72.2 Å². The number of carbonyl (C=O) groups is 1. The van der Waals surface area contributed by atoms with E-state index in [1.165, 1.54) is 16.7 Å². The molecule has 2 bridgehead atoms. The number of esters is 1. The minimum Gasteiger partial charge on any atom is -0.493 e. The van der Waals surface area contributed by atoms with Crippen molar-refractivity contribution in [2.24, 2.45) is 5.92 Å². The molecule has 2 unspecified atom stereocenters. The fourth-order valence-electron chi connectivity index (χ4n) is 6.68. The van der Waals surface area contributed by atoms with Crippen molar-refractivity contribution in [2.45, 2.75) is 48.7 Å². The zero-order valence-corrected chi connectivity index (χ0v) is 15.8. The molecule has 148 valence electrons. The average Bonchev–Trinajstić information content (AvgIpc) is 3.18. The number of hydrogen-bond acceptors (Lipinski definition) is 7. The molecular weight excluding hydrogens is 362 g/mol. The van der Waals surface area contributed by atoms with Gasteiger partial charge in [-0.1, -0.05) is 11.6 Å². The molecule has 7 nitrogen and oxygen atoms in total. The summed E-state index contributed by atoms with van der Waals surface area (Å²) in [5, 5.41) is 18.8. The average molecular weight is 385 g/mol. The minimum absolute atomic E-state index is 0.224. The Labute approximate surface area is 162 Å². The van der Waals surface area contributed by atoms with Crippen molar-refractivity contribution in [3.63, 3.8) is 0 Å². The molecule has 0 radical (unpaired) electrons. The fourth-order valence-corrected chi connectivity index (χ4v) is 6.68. The number of likely N-dealkylation sites (N-methyl/N-ethyl adjacent to an activating group) is 1. The van der Waals surface area contributed by atoms with Gasteiger partial charge in [0.2, 0.25) is 0 Å². The first-order chi connectivity index (χ1) is 13.5. The van der Waals surface area contributed by atoms with Gasteiger partial charge >= 0.3 is 5.97 Å². The van der Waals surface area contributed by atoms with Crippen molar-refractivity contribution in [3.8, 4) is 11.5 Å². The van der Waals surface area contributed by atoms with Crippen LogP contribution in [-0.2, 0) is 21.4 Å². The van der Waals surface area contributed by atoms with Crippen molar-refractivity contribution in [2.75, 3.05) is 20.8 Å². The van der Waals surface area contributed by atoms with Gasteiger partial charge in [-0.05, 0) is 37.6 Å². The number of likely N-dealkylation sites (tertiary alicyclic amines) is 1. The Balaban J connectivity index is 1.51. The number of aliphatic hydroxyl groups excluding tert-OH is 2. The van der Waals surface area contributed by atoms with Crippen LogP contribution in [0.1, 0.15) is 17.5 Å². The van der Waals surface area contributed by atoms with Crippen LogP contribution in [0.4, 0.5) is 0 Å². The second-order valence-electron chi connectivity index (χ2n) is 8.64. The van der Waals surface area contributed by atoms with Gasteiger partial charge in [-0.3, -0.25) is 4.90 Å². The summed E-state index contributed by atoms with van der Waals surface area (Å²) in [6, 6.07) is 4.89. The van der Waals surface area contributed by atoms with E-state index >= 15 is 0 Å². The SMILES string of the molecule is COc1ccc2c3c1O[C@H]1[C@@H](OC(=O)C(O)CO)C=C4C[C@]31[C@H]1C4N(C)[C@@H]1C2. The molecule has 7 heteroatoms. The largest absolute Gasteiger partial charge is 0.493 e. The standard InChI is InChI=1S/C21H23NO6/c1-22-11-5-9-3-4-13(26-2)18-15(9)21-7-10(17(22)16(11)21)6-14(19(21)28-18)27-20(25)12(24)8-23/h3-4,6,11-12,14,16-17,19,23-24H,5,7-8H2,1-2H3/t11-,12?,14+,16-,17?,19+,21-/m1/s1. The van der Waals surface area contributed by atoms with Crippen LogP contribution in [0.3, 0.4) is 0 Å². The van der Waals surface area contributed by atoms with Crippen molar-refractivity contribution >= 4 is 5.97 Å². The Hall–Kier alpha value is -2.09. The van der Waals surface area contributed by atoms with E-state index in [-0.39, 0.29) is 11.5 Å². The van der Waals surface area contributed by atoms with E-state index in [0.29, 0.717) is 23.8 Å². The Morgan fingerprint density at radius 3 is 3.04 bits per heavy atom. The smallest absolute Gasteiger partial charge is 0.338 e. The summed E-state index contributed by atoms with van der Waals surface area (Å²) in [5.41, 5.74) is 3.57. The lowest BCUT2D eigenvalue weighted by atomic mass is 9.56. The summed E-state index contributed by atoms with van der Waals surface area (Å²) >= 11 is 0. The van der Waals surface area contributed by atoms with E-state index in [2.05, 4.69) is 18.0 Å². The van der Waals surface area contributed by atoms with Crippen LogP contribution in [0.25, 0.3) is 0 Å². The normalized spacial score (nSPS) is 39.4. The maximum Gasteiger partial charge on any atom is 0.338 e. The highest BCUT2D eigenvalue weighted by Gasteiger charge is 2.74. The van der Waals surface area contributed by atoms with Gasteiger partial charge in [-0.2, -0.15) is 0 Å². The van der Waals surface area contributed by atoms with Crippen LogP contribution < -0.4 is 9.47 Å². The molecule has 1 saturated carbocycles. The Morgan fingerprint density at radius 1 is 1.46 bits per heavy atom. The molecule has 1 saturated heterocycles. The number of carbonyl (C=O) groups excluding carboxylic acids is 1.